The number of nitrogens with zero attached hydrogens (tertiary/aromatic N) is 1. The summed E-state index contributed by atoms with van der Waals surface area (Å²) in [5.74, 6) is -0.0388. The summed E-state index contributed by atoms with van der Waals surface area (Å²) >= 11 is 8.57. The van der Waals surface area contributed by atoms with Gasteiger partial charge in [0.15, 0.2) is 16.6 Å². The first-order valence-electron chi connectivity index (χ1n) is 9.39. The van der Waals surface area contributed by atoms with Gasteiger partial charge in [-0.05, 0) is 64.4 Å². The van der Waals surface area contributed by atoms with Crippen molar-refractivity contribution < 1.29 is 19.1 Å². The lowest BCUT2D eigenvalue weighted by Gasteiger charge is -2.27. The Hall–Kier alpha value is -2.97. The molecule has 2 aromatic rings. The number of ether oxygens (including phenoxy) is 2. The summed E-state index contributed by atoms with van der Waals surface area (Å²) < 4.78 is 12.1. The molecule has 1 fully saturated rings. The lowest BCUT2D eigenvalue weighted by Crippen LogP contribution is -2.53. The zero-order valence-corrected chi connectivity index (χ0v) is 19.5. The van der Waals surface area contributed by atoms with Crippen LogP contribution in [0.25, 0.3) is 6.08 Å². The predicted octanol–water partition coefficient (Wildman–Crippen LogP) is 4.16. The molecule has 0 unspecified atom stereocenters. The number of carbonyl (C=O) groups excluding carboxylic acids is 2. The Labute approximate surface area is 194 Å². The van der Waals surface area contributed by atoms with Gasteiger partial charge in [0.25, 0.3) is 11.8 Å². The molecule has 1 saturated heterocycles. The van der Waals surface area contributed by atoms with Gasteiger partial charge in [-0.3, -0.25) is 19.8 Å². The molecule has 0 spiro atoms. The van der Waals surface area contributed by atoms with E-state index in [0.29, 0.717) is 28.1 Å². The third-order valence-corrected chi connectivity index (χ3v) is 5.48. The molecule has 0 bridgehead atoms. The van der Waals surface area contributed by atoms with Gasteiger partial charge in [0.2, 0.25) is 0 Å². The highest BCUT2D eigenvalue weighted by Gasteiger charge is 2.32. The van der Waals surface area contributed by atoms with Crippen molar-refractivity contribution in [2.24, 2.45) is 0 Å². The Morgan fingerprint density at radius 2 is 1.94 bits per heavy atom. The summed E-state index contributed by atoms with van der Waals surface area (Å²) in [4.78, 5) is 26.4. The molecule has 1 aliphatic rings. The standard InChI is InChI=1S/C23H21BrN2O4S/c1-4-9-26-22(28)17(21(27)25-23(26)31)10-16-11-18(24)20(19(12-16)29-3)30-13-15-7-5-14(2)6-8-15/h4-8,10-12H,1,9,13H2,2-3H3,(H,25,27,31)/b17-10+. The summed E-state index contributed by atoms with van der Waals surface area (Å²) in [7, 11) is 1.53. The van der Waals surface area contributed by atoms with Crippen LogP contribution in [0.15, 0.2) is 59.1 Å². The van der Waals surface area contributed by atoms with Crippen LogP contribution < -0.4 is 14.8 Å². The summed E-state index contributed by atoms with van der Waals surface area (Å²) in [5, 5.41) is 2.59. The predicted molar refractivity (Wildman–Crippen MR) is 127 cm³/mol. The minimum atomic E-state index is -0.551. The molecule has 6 nitrogen and oxygen atoms in total. The van der Waals surface area contributed by atoms with Gasteiger partial charge in [-0.15, -0.1) is 6.58 Å². The molecule has 0 atom stereocenters. The topological polar surface area (TPSA) is 67.9 Å². The maximum absolute atomic E-state index is 12.7. The van der Waals surface area contributed by atoms with Crippen molar-refractivity contribution in [1.29, 1.82) is 0 Å². The zero-order chi connectivity index (χ0) is 22.5. The number of thiocarbonyl (C=S) groups is 1. The van der Waals surface area contributed by atoms with Gasteiger partial charge in [-0.25, -0.2) is 0 Å². The number of hydrogen-bond donors (Lipinski definition) is 1. The summed E-state index contributed by atoms with van der Waals surface area (Å²) in [6, 6.07) is 11.5. The number of carbonyl (C=O) groups is 2. The Bertz CT molecular complexity index is 1080. The van der Waals surface area contributed by atoms with E-state index in [1.807, 2.05) is 31.2 Å². The molecule has 31 heavy (non-hydrogen) atoms. The van der Waals surface area contributed by atoms with E-state index < -0.39 is 11.8 Å². The second kappa shape index (κ2) is 9.89. The largest absolute Gasteiger partial charge is 0.493 e. The number of nitrogens with one attached hydrogen (secondary N) is 1. The molecule has 0 aliphatic carbocycles. The van der Waals surface area contributed by atoms with Crippen LogP contribution in [0.2, 0.25) is 0 Å². The minimum absolute atomic E-state index is 0.0299. The quantitative estimate of drug-likeness (QED) is 0.267. The van der Waals surface area contributed by atoms with E-state index in [0.717, 1.165) is 5.56 Å². The lowest BCUT2D eigenvalue weighted by atomic mass is 10.1. The number of hydrogen-bond acceptors (Lipinski definition) is 5. The molecule has 2 amide bonds. The van der Waals surface area contributed by atoms with Crippen LogP contribution >= 0.6 is 28.1 Å². The Kier molecular flexibility index (Phi) is 7.25. The monoisotopic (exact) mass is 500 g/mol. The van der Waals surface area contributed by atoms with Crippen molar-refractivity contribution in [3.05, 3.63) is 75.8 Å². The third kappa shape index (κ3) is 5.21. The van der Waals surface area contributed by atoms with Gasteiger partial charge >= 0.3 is 0 Å². The normalized spacial score (nSPS) is 15.1. The number of halogens is 1. The Balaban J connectivity index is 1.88. The number of amides is 2. The van der Waals surface area contributed by atoms with E-state index in [-0.39, 0.29) is 17.2 Å². The van der Waals surface area contributed by atoms with E-state index in [2.05, 4.69) is 27.8 Å². The second-order valence-electron chi connectivity index (χ2n) is 6.83. The summed E-state index contributed by atoms with van der Waals surface area (Å²) in [6.45, 7) is 6.21. The van der Waals surface area contributed by atoms with Crippen molar-refractivity contribution in [3.63, 3.8) is 0 Å². The average molecular weight is 501 g/mol. The van der Waals surface area contributed by atoms with Crippen LogP contribution in [0.3, 0.4) is 0 Å². The van der Waals surface area contributed by atoms with Crippen molar-refractivity contribution >= 4 is 51.2 Å². The molecule has 1 heterocycles. The summed E-state index contributed by atoms with van der Waals surface area (Å²) in [6.07, 6.45) is 3.03. The first-order valence-corrected chi connectivity index (χ1v) is 10.6. The van der Waals surface area contributed by atoms with Crippen LogP contribution in [0.4, 0.5) is 0 Å². The molecular weight excluding hydrogens is 480 g/mol. The van der Waals surface area contributed by atoms with E-state index >= 15 is 0 Å². The van der Waals surface area contributed by atoms with Crippen molar-refractivity contribution in [2.75, 3.05) is 13.7 Å². The van der Waals surface area contributed by atoms with Crippen LogP contribution in [0, 0.1) is 6.92 Å². The molecule has 0 radical (unpaired) electrons. The Morgan fingerprint density at radius 3 is 2.58 bits per heavy atom. The number of aryl methyl sites for hydroxylation is 1. The van der Waals surface area contributed by atoms with Crippen molar-refractivity contribution in [1.82, 2.24) is 10.2 Å². The van der Waals surface area contributed by atoms with Crippen LogP contribution in [-0.4, -0.2) is 35.5 Å². The first-order chi connectivity index (χ1) is 14.8. The van der Waals surface area contributed by atoms with Crippen LogP contribution in [-0.2, 0) is 16.2 Å². The highest BCUT2D eigenvalue weighted by molar-refractivity contribution is 9.10. The van der Waals surface area contributed by atoms with Gasteiger partial charge < -0.3 is 9.47 Å². The van der Waals surface area contributed by atoms with Crippen molar-refractivity contribution in [2.45, 2.75) is 13.5 Å². The molecule has 0 saturated carbocycles. The zero-order valence-electron chi connectivity index (χ0n) is 17.1. The smallest absolute Gasteiger partial charge is 0.265 e. The molecular formula is C23H21BrN2O4S. The highest BCUT2D eigenvalue weighted by Crippen LogP contribution is 2.38. The third-order valence-electron chi connectivity index (χ3n) is 4.56. The van der Waals surface area contributed by atoms with Gasteiger partial charge in [-0.2, -0.15) is 0 Å². The highest BCUT2D eigenvalue weighted by atomic mass is 79.9. The number of methoxy groups -OCH3 is 1. The van der Waals surface area contributed by atoms with Crippen molar-refractivity contribution in [3.8, 4) is 11.5 Å². The van der Waals surface area contributed by atoms with Crippen LogP contribution in [0.1, 0.15) is 16.7 Å². The minimum Gasteiger partial charge on any atom is -0.493 e. The fourth-order valence-electron chi connectivity index (χ4n) is 2.96. The van der Waals surface area contributed by atoms with Crippen LogP contribution in [0.5, 0.6) is 11.5 Å². The fourth-order valence-corrected chi connectivity index (χ4v) is 3.78. The summed E-state index contributed by atoms with van der Waals surface area (Å²) in [5.41, 5.74) is 2.76. The number of rotatable bonds is 7. The van der Waals surface area contributed by atoms with E-state index in [4.69, 9.17) is 21.7 Å². The number of benzene rings is 2. The molecule has 160 valence electrons. The average Bonchev–Trinajstić information content (AvgIpc) is 2.74. The van der Waals surface area contributed by atoms with E-state index in [1.165, 1.54) is 23.6 Å². The molecule has 3 rings (SSSR count). The molecule has 0 aromatic heterocycles. The maximum Gasteiger partial charge on any atom is 0.265 e. The van der Waals surface area contributed by atoms with E-state index in [9.17, 15) is 9.59 Å². The van der Waals surface area contributed by atoms with Gasteiger partial charge in [0, 0.05) is 6.54 Å². The van der Waals surface area contributed by atoms with Gasteiger partial charge in [0.05, 0.1) is 11.6 Å². The SMILES string of the molecule is C=CCN1C(=O)/C(=C/c2cc(Br)c(OCc3ccc(C)cc3)c(OC)c2)C(=O)NC1=S. The fraction of sp³-hybridized carbons (Fsp3) is 0.174. The van der Waals surface area contributed by atoms with E-state index in [1.54, 1.807) is 18.2 Å². The maximum atomic E-state index is 12.7. The molecule has 1 aliphatic heterocycles. The Morgan fingerprint density at radius 1 is 1.23 bits per heavy atom. The lowest BCUT2D eigenvalue weighted by molar-refractivity contribution is -0.128. The van der Waals surface area contributed by atoms with Gasteiger partial charge in [-0.1, -0.05) is 35.9 Å². The molecule has 1 N–H and O–H groups in total. The molecule has 8 heteroatoms. The second-order valence-corrected chi connectivity index (χ2v) is 8.07. The van der Waals surface area contributed by atoms with Gasteiger partial charge in [0.1, 0.15) is 12.2 Å². The molecule has 2 aromatic carbocycles. The first kappa shape index (κ1) is 22.7.